The molecule has 2 unspecified atom stereocenters. The number of hydrogen-bond acceptors (Lipinski definition) is 3. The molecule has 9 aromatic rings. The molecule has 0 heterocycles. The highest BCUT2D eigenvalue weighted by Gasteiger charge is 2.26. The fraction of sp³-hybridized carbons (Fsp3) is 0.102. The Bertz CT molecular complexity index is 2760. The third-order valence-electron chi connectivity index (χ3n) is 10.4. The van der Waals surface area contributed by atoms with Crippen molar-refractivity contribution in [3.05, 3.63) is 188 Å². The lowest BCUT2D eigenvalue weighted by Gasteiger charge is -2.26. The molecule has 0 aliphatic heterocycles. The molecule has 0 saturated heterocycles. The minimum Gasteiger partial charge on any atom is -0.490 e. The molecule has 0 fully saturated rings. The quantitative estimate of drug-likeness (QED) is 0.0692. The molecule has 0 aliphatic rings. The number of ether oxygens (including phenoxy) is 3. The van der Waals surface area contributed by atoms with Gasteiger partial charge in [0, 0.05) is 0 Å². The van der Waals surface area contributed by atoms with E-state index in [0.29, 0.717) is 19.8 Å². The lowest BCUT2D eigenvalue weighted by Crippen LogP contribution is -2.09. The van der Waals surface area contributed by atoms with E-state index in [2.05, 4.69) is 135 Å². The summed E-state index contributed by atoms with van der Waals surface area (Å²) in [5, 5.41) is 14.8. The minimum absolute atomic E-state index is 0.260. The zero-order chi connectivity index (χ0) is 35.2. The van der Waals surface area contributed by atoms with Gasteiger partial charge in [-0.1, -0.05) is 128 Å². The predicted octanol–water partition coefficient (Wildman–Crippen LogP) is 12.6. The zero-order valence-electron chi connectivity index (χ0n) is 29.0. The fourth-order valence-corrected chi connectivity index (χ4v) is 8.22. The first-order chi connectivity index (χ1) is 25.7. The molecule has 0 N–H and O–H groups in total. The Morgan fingerprint density at radius 3 is 1.77 bits per heavy atom. The van der Waals surface area contributed by atoms with Crippen LogP contribution in [-0.2, 0) is 9.47 Å². The molecule has 3 nitrogen and oxygen atoms in total. The number of rotatable bonds is 13. The van der Waals surface area contributed by atoms with Gasteiger partial charge in [-0.25, -0.2) is 0 Å². The molecule has 9 aromatic carbocycles. The Balaban J connectivity index is 1.28. The molecule has 0 bridgehead atoms. The van der Waals surface area contributed by atoms with E-state index in [0.717, 1.165) is 28.0 Å². The van der Waals surface area contributed by atoms with Crippen molar-refractivity contribution < 1.29 is 14.2 Å². The summed E-state index contributed by atoms with van der Waals surface area (Å²) < 4.78 is 19.0. The van der Waals surface area contributed by atoms with Gasteiger partial charge in [0.2, 0.25) is 0 Å². The number of benzene rings is 9. The van der Waals surface area contributed by atoms with Crippen LogP contribution < -0.4 is 4.74 Å². The van der Waals surface area contributed by atoms with Gasteiger partial charge in [0.05, 0.1) is 13.2 Å². The number of hydrogen-bond donors (Lipinski definition) is 0. The van der Waals surface area contributed by atoms with Gasteiger partial charge in [-0.2, -0.15) is 0 Å². The third-order valence-corrected chi connectivity index (χ3v) is 10.4. The van der Waals surface area contributed by atoms with Crippen LogP contribution in [0.1, 0.15) is 34.5 Å². The smallest absolute Gasteiger partial charge is 0.119 e. The third kappa shape index (κ3) is 5.21. The van der Waals surface area contributed by atoms with Gasteiger partial charge in [-0.05, 0) is 111 Å². The Morgan fingerprint density at radius 1 is 0.423 bits per heavy atom. The topological polar surface area (TPSA) is 27.7 Å². The van der Waals surface area contributed by atoms with E-state index in [9.17, 15) is 0 Å². The van der Waals surface area contributed by atoms with Crippen molar-refractivity contribution in [1.82, 2.24) is 0 Å². The number of fused-ring (bicyclic) bond motifs is 2. The van der Waals surface area contributed by atoms with Crippen molar-refractivity contribution in [1.29, 1.82) is 0 Å². The molecule has 0 spiro atoms. The van der Waals surface area contributed by atoms with Crippen molar-refractivity contribution in [2.24, 2.45) is 0 Å². The van der Waals surface area contributed by atoms with Gasteiger partial charge in [-0.15, -0.1) is 13.2 Å². The second-order valence-corrected chi connectivity index (χ2v) is 13.4. The van der Waals surface area contributed by atoms with E-state index < -0.39 is 0 Å². The van der Waals surface area contributed by atoms with Crippen LogP contribution in [0.3, 0.4) is 0 Å². The summed E-state index contributed by atoms with van der Waals surface area (Å²) in [6.07, 6.45) is 4.84. The first-order valence-corrected chi connectivity index (χ1v) is 17.8. The molecule has 52 heavy (non-hydrogen) atoms. The lowest BCUT2D eigenvalue weighted by atomic mass is 9.81. The standard InChI is InChI=1S/C49H38O3/c1-4-26-50-37-21-18-33(19-22-37)48(51-27-5-2)43-30-35-16-15-32-20-23-41-42(49(52-28-6-3)36-17-14-31-10-7-8-11-34(31)29-36)25-24-40-38-12-9-13-39(43)46(38)45(35)44(32)47(40)41/h4-25,29-30,48-49H,1-3,26-28H2. The molecular weight excluding hydrogens is 637 g/mol. The molecule has 0 aromatic heterocycles. The maximum Gasteiger partial charge on any atom is 0.119 e. The van der Waals surface area contributed by atoms with Gasteiger partial charge in [-0.3, -0.25) is 0 Å². The molecule has 252 valence electrons. The Morgan fingerprint density at radius 2 is 1.00 bits per heavy atom. The average Bonchev–Trinajstić information content (AvgIpc) is 3.20. The van der Waals surface area contributed by atoms with Crippen molar-refractivity contribution in [2.45, 2.75) is 12.2 Å². The van der Waals surface area contributed by atoms with E-state index in [1.807, 2.05) is 24.3 Å². The van der Waals surface area contributed by atoms with Crippen molar-refractivity contribution in [3.8, 4) is 5.75 Å². The summed E-state index contributed by atoms with van der Waals surface area (Å²) in [7, 11) is 0. The van der Waals surface area contributed by atoms with Gasteiger partial charge in [0.1, 0.15) is 24.6 Å². The summed E-state index contributed by atoms with van der Waals surface area (Å²) in [5.41, 5.74) is 4.47. The van der Waals surface area contributed by atoms with Crippen molar-refractivity contribution in [3.63, 3.8) is 0 Å². The Labute approximate surface area is 303 Å². The van der Waals surface area contributed by atoms with E-state index in [1.165, 1.54) is 64.6 Å². The zero-order valence-corrected chi connectivity index (χ0v) is 29.0. The highest BCUT2D eigenvalue weighted by molar-refractivity contribution is 6.40. The molecule has 0 aliphatic carbocycles. The molecule has 3 heteroatoms. The Hall–Kier alpha value is -6.00. The van der Waals surface area contributed by atoms with E-state index in [1.54, 1.807) is 6.08 Å². The minimum atomic E-state index is -0.300. The molecule has 0 saturated carbocycles. The maximum absolute atomic E-state index is 6.62. The summed E-state index contributed by atoms with van der Waals surface area (Å²) in [4.78, 5) is 0. The molecule has 0 amide bonds. The summed E-state index contributed by atoms with van der Waals surface area (Å²) >= 11 is 0. The fourth-order valence-electron chi connectivity index (χ4n) is 8.22. The van der Waals surface area contributed by atoms with Crippen molar-refractivity contribution in [2.75, 3.05) is 19.8 Å². The van der Waals surface area contributed by atoms with E-state index in [4.69, 9.17) is 14.2 Å². The average molecular weight is 675 g/mol. The Kier molecular flexibility index (Phi) is 8.16. The second-order valence-electron chi connectivity index (χ2n) is 13.4. The largest absolute Gasteiger partial charge is 0.490 e. The SMILES string of the molecule is C=CCOc1ccc(C(OCC=C)c2cc3ccc4ccc5c(C(OCC=C)c6ccc7ccccc7c6)ccc6c7cccc2c7c3c4c56)cc1. The van der Waals surface area contributed by atoms with Crippen LogP contribution >= 0.6 is 0 Å². The van der Waals surface area contributed by atoms with Gasteiger partial charge in [0.25, 0.3) is 0 Å². The van der Waals surface area contributed by atoms with Crippen LogP contribution in [0.25, 0.3) is 64.6 Å². The normalized spacial score (nSPS) is 13.1. The van der Waals surface area contributed by atoms with Crippen LogP contribution in [0.5, 0.6) is 5.75 Å². The molecule has 2 atom stereocenters. The van der Waals surface area contributed by atoms with Gasteiger partial charge < -0.3 is 14.2 Å². The highest BCUT2D eigenvalue weighted by atomic mass is 16.5. The molecule has 9 rings (SSSR count). The van der Waals surface area contributed by atoms with E-state index >= 15 is 0 Å². The van der Waals surface area contributed by atoms with Gasteiger partial charge in [0.15, 0.2) is 0 Å². The van der Waals surface area contributed by atoms with Crippen molar-refractivity contribution >= 4 is 64.6 Å². The van der Waals surface area contributed by atoms with E-state index in [-0.39, 0.29) is 12.2 Å². The first-order valence-electron chi connectivity index (χ1n) is 17.8. The highest BCUT2D eigenvalue weighted by Crippen LogP contribution is 2.49. The van der Waals surface area contributed by atoms with Crippen LogP contribution in [0, 0.1) is 0 Å². The summed E-state index contributed by atoms with van der Waals surface area (Å²) in [5.74, 6) is 0.801. The maximum atomic E-state index is 6.62. The molecule has 0 radical (unpaired) electrons. The van der Waals surface area contributed by atoms with Crippen LogP contribution in [-0.4, -0.2) is 19.8 Å². The second kappa shape index (κ2) is 13.3. The predicted molar refractivity (Wildman–Crippen MR) is 218 cm³/mol. The van der Waals surface area contributed by atoms with Crippen LogP contribution in [0.15, 0.2) is 165 Å². The molecular formula is C49H38O3. The van der Waals surface area contributed by atoms with Crippen LogP contribution in [0.2, 0.25) is 0 Å². The summed E-state index contributed by atoms with van der Waals surface area (Å²) in [6, 6.07) is 46.0. The van der Waals surface area contributed by atoms with Gasteiger partial charge >= 0.3 is 0 Å². The van der Waals surface area contributed by atoms with Crippen LogP contribution in [0.4, 0.5) is 0 Å². The first kappa shape index (κ1) is 31.9. The summed E-state index contributed by atoms with van der Waals surface area (Å²) in [6.45, 7) is 13.0. The lowest BCUT2D eigenvalue weighted by molar-refractivity contribution is 0.105. The monoisotopic (exact) mass is 674 g/mol.